The van der Waals surface area contributed by atoms with Gasteiger partial charge in [0, 0.05) is 18.8 Å². The van der Waals surface area contributed by atoms with E-state index in [9.17, 15) is 4.79 Å². The maximum Gasteiger partial charge on any atom is 0.274 e. The Bertz CT molecular complexity index is 1000. The first kappa shape index (κ1) is 19.2. The van der Waals surface area contributed by atoms with Crippen LogP contribution >= 0.6 is 0 Å². The van der Waals surface area contributed by atoms with Crippen LogP contribution in [0.2, 0.25) is 0 Å². The Balaban J connectivity index is 1.54. The third-order valence-electron chi connectivity index (χ3n) is 5.47. The summed E-state index contributed by atoms with van der Waals surface area (Å²) in [6, 6.07) is 12.3. The minimum absolute atomic E-state index is 0.175. The molecule has 2 aromatic carbocycles. The number of hydrogen-bond donors (Lipinski definition) is 2. The van der Waals surface area contributed by atoms with Crippen LogP contribution in [0.3, 0.4) is 0 Å². The number of guanidine groups is 1. The highest BCUT2D eigenvalue weighted by Crippen LogP contribution is 2.23. The molecule has 2 heterocycles. The molecule has 0 spiro atoms. The maximum atomic E-state index is 12.4. The predicted molar refractivity (Wildman–Crippen MR) is 116 cm³/mol. The fraction of sp³-hybridized carbons (Fsp3) is 0.304. The van der Waals surface area contributed by atoms with Crippen molar-refractivity contribution in [1.29, 1.82) is 0 Å². The Morgan fingerprint density at radius 1 is 1.03 bits per heavy atom. The highest BCUT2D eigenvalue weighted by molar-refractivity contribution is 6.16. The van der Waals surface area contributed by atoms with Gasteiger partial charge >= 0.3 is 0 Å². The molecule has 4 rings (SSSR count). The van der Waals surface area contributed by atoms with Crippen molar-refractivity contribution in [3.05, 3.63) is 64.3 Å². The minimum atomic E-state index is -0.175. The van der Waals surface area contributed by atoms with E-state index in [0.29, 0.717) is 11.7 Å². The number of hydrogen-bond acceptors (Lipinski definition) is 4. The zero-order chi connectivity index (χ0) is 20.4. The topological polar surface area (TPSA) is 66.0 Å². The van der Waals surface area contributed by atoms with Crippen LogP contribution in [0.1, 0.15) is 22.3 Å². The van der Waals surface area contributed by atoms with Crippen molar-refractivity contribution in [2.75, 3.05) is 31.2 Å². The van der Waals surface area contributed by atoms with Gasteiger partial charge < -0.3 is 15.0 Å². The molecule has 0 bridgehead atoms. The lowest BCUT2D eigenvalue weighted by atomic mass is 10.1. The molecular weight excluding hydrogens is 364 g/mol. The molecule has 0 aliphatic carbocycles. The summed E-state index contributed by atoms with van der Waals surface area (Å²) in [7, 11) is 0. The Kier molecular flexibility index (Phi) is 5.36. The van der Waals surface area contributed by atoms with E-state index in [0.717, 1.165) is 48.7 Å². The number of carbonyl (C=O) groups is 1. The zero-order valence-corrected chi connectivity index (χ0v) is 17.1. The summed E-state index contributed by atoms with van der Waals surface area (Å²) in [6.45, 7) is 9.48. The van der Waals surface area contributed by atoms with Gasteiger partial charge in [-0.3, -0.25) is 10.1 Å². The van der Waals surface area contributed by atoms with Crippen LogP contribution in [-0.4, -0.2) is 38.2 Å². The monoisotopic (exact) mass is 390 g/mol. The Morgan fingerprint density at radius 3 is 2.59 bits per heavy atom. The summed E-state index contributed by atoms with van der Waals surface area (Å²) >= 11 is 0. The lowest BCUT2D eigenvalue weighted by Crippen LogP contribution is -2.36. The number of morpholine rings is 1. The van der Waals surface area contributed by atoms with Crippen LogP contribution < -0.4 is 15.5 Å². The van der Waals surface area contributed by atoms with E-state index in [-0.39, 0.29) is 5.91 Å². The molecular formula is C23H26N4O2. The Morgan fingerprint density at radius 2 is 1.83 bits per heavy atom. The lowest BCUT2D eigenvalue weighted by molar-refractivity contribution is -0.115. The van der Waals surface area contributed by atoms with Crippen LogP contribution in [0.4, 0.5) is 11.4 Å². The molecule has 2 fully saturated rings. The quantitative estimate of drug-likeness (QED) is 0.790. The number of benzene rings is 2. The highest BCUT2D eigenvalue weighted by atomic mass is 16.5. The Hall–Kier alpha value is -3.12. The summed E-state index contributed by atoms with van der Waals surface area (Å²) in [4.78, 5) is 19.3. The summed E-state index contributed by atoms with van der Waals surface area (Å²) in [6.07, 6.45) is 1.87. The average molecular weight is 390 g/mol. The van der Waals surface area contributed by atoms with Crippen molar-refractivity contribution in [3.63, 3.8) is 0 Å². The molecule has 0 atom stereocenters. The standard InChI is InChI=1S/C23H26N4O2/c1-15-5-4-6-20(17(15)3)24-23-25-21(22(28)26-23)14-18-7-8-19(13-16(18)2)27-9-11-29-12-10-27/h4-8,13-14H,9-12H2,1-3H3,(H2,24,25,26,28). The van der Waals surface area contributed by atoms with Crippen molar-refractivity contribution in [2.45, 2.75) is 20.8 Å². The van der Waals surface area contributed by atoms with E-state index < -0.39 is 0 Å². The molecule has 0 unspecified atom stereocenters. The highest BCUT2D eigenvalue weighted by Gasteiger charge is 2.22. The molecule has 2 saturated heterocycles. The number of aryl methyl sites for hydroxylation is 2. The summed E-state index contributed by atoms with van der Waals surface area (Å²) in [5.74, 6) is 0.281. The van der Waals surface area contributed by atoms with Crippen molar-refractivity contribution in [3.8, 4) is 0 Å². The van der Waals surface area contributed by atoms with Crippen molar-refractivity contribution < 1.29 is 9.53 Å². The molecule has 2 aromatic rings. The van der Waals surface area contributed by atoms with E-state index >= 15 is 0 Å². The summed E-state index contributed by atoms with van der Waals surface area (Å²) in [5.41, 5.74) is 6.93. The fourth-order valence-corrected chi connectivity index (χ4v) is 3.52. The van der Waals surface area contributed by atoms with Gasteiger partial charge in [-0.15, -0.1) is 0 Å². The summed E-state index contributed by atoms with van der Waals surface area (Å²) < 4.78 is 5.43. The molecule has 2 aliphatic rings. The smallest absolute Gasteiger partial charge is 0.274 e. The second-order valence-corrected chi connectivity index (χ2v) is 7.46. The predicted octanol–water partition coefficient (Wildman–Crippen LogP) is 3.20. The molecule has 2 N–H and O–H groups in total. The van der Waals surface area contributed by atoms with Gasteiger partial charge in [0.2, 0.25) is 5.96 Å². The number of carbonyl (C=O) groups excluding carboxylic acids is 1. The fourth-order valence-electron chi connectivity index (χ4n) is 3.52. The number of nitrogens with one attached hydrogen (secondary N) is 2. The lowest BCUT2D eigenvalue weighted by Gasteiger charge is -2.29. The van der Waals surface area contributed by atoms with Crippen LogP contribution in [0.25, 0.3) is 6.08 Å². The number of ether oxygens (including phenoxy) is 1. The van der Waals surface area contributed by atoms with Crippen molar-refractivity contribution >= 4 is 29.3 Å². The number of rotatable bonds is 3. The van der Waals surface area contributed by atoms with Gasteiger partial charge in [0.25, 0.3) is 5.91 Å². The van der Waals surface area contributed by atoms with E-state index in [1.165, 1.54) is 11.3 Å². The number of aliphatic imine (C=N–C) groups is 1. The normalized spacial score (nSPS) is 19.6. The second kappa shape index (κ2) is 8.09. The SMILES string of the molecule is Cc1cc(N2CCOCC2)ccc1C=C1NC(=Nc2cccc(C)c2C)NC1=O. The van der Waals surface area contributed by atoms with E-state index in [4.69, 9.17) is 4.74 Å². The maximum absolute atomic E-state index is 12.4. The number of anilines is 1. The first-order chi connectivity index (χ1) is 14.0. The number of nitrogens with zero attached hydrogens (tertiary/aromatic N) is 2. The summed E-state index contributed by atoms with van der Waals surface area (Å²) in [5, 5.41) is 5.92. The van der Waals surface area contributed by atoms with Gasteiger partial charge in [0.1, 0.15) is 5.70 Å². The van der Waals surface area contributed by atoms with E-state index in [1.807, 2.05) is 38.1 Å². The first-order valence-corrected chi connectivity index (χ1v) is 9.89. The number of amides is 1. The van der Waals surface area contributed by atoms with E-state index in [2.05, 4.69) is 45.6 Å². The van der Waals surface area contributed by atoms with Gasteiger partial charge in [0.15, 0.2) is 0 Å². The van der Waals surface area contributed by atoms with Gasteiger partial charge in [-0.25, -0.2) is 4.99 Å². The minimum Gasteiger partial charge on any atom is -0.378 e. The second-order valence-electron chi connectivity index (χ2n) is 7.46. The van der Waals surface area contributed by atoms with Crippen molar-refractivity contribution in [1.82, 2.24) is 10.6 Å². The van der Waals surface area contributed by atoms with Crippen LogP contribution in [0.5, 0.6) is 0 Å². The van der Waals surface area contributed by atoms with Gasteiger partial charge in [0.05, 0.1) is 18.9 Å². The van der Waals surface area contributed by atoms with Crippen LogP contribution in [0.15, 0.2) is 47.1 Å². The van der Waals surface area contributed by atoms with Crippen LogP contribution in [0, 0.1) is 20.8 Å². The molecule has 2 aliphatic heterocycles. The zero-order valence-electron chi connectivity index (χ0n) is 17.1. The molecule has 1 amide bonds. The van der Waals surface area contributed by atoms with E-state index in [1.54, 1.807) is 0 Å². The molecule has 0 aromatic heterocycles. The molecule has 0 saturated carbocycles. The Labute approximate surface area is 171 Å². The van der Waals surface area contributed by atoms with Gasteiger partial charge in [-0.05, 0) is 67.3 Å². The largest absolute Gasteiger partial charge is 0.378 e. The molecule has 29 heavy (non-hydrogen) atoms. The van der Waals surface area contributed by atoms with Crippen molar-refractivity contribution in [2.24, 2.45) is 4.99 Å². The third kappa shape index (κ3) is 4.17. The van der Waals surface area contributed by atoms with Gasteiger partial charge in [-0.1, -0.05) is 18.2 Å². The molecule has 0 radical (unpaired) electrons. The molecule has 6 nitrogen and oxygen atoms in total. The third-order valence-corrected chi connectivity index (χ3v) is 5.47. The molecule has 6 heteroatoms. The van der Waals surface area contributed by atoms with Crippen LogP contribution in [-0.2, 0) is 9.53 Å². The molecule has 150 valence electrons. The van der Waals surface area contributed by atoms with Gasteiger partial charge in [-0.2, -0.15) is 0 Å². The average Bonchev–Trinajstić information content (AvgIpc) is 3.06. The first-order valence-electron chi connectivity index (χ1n) is 9.89.